The molecule has 3 heteroatoms. The van der Waals surface area contributed by atoms with Crippen LogP contribution in [0.3, 0.4) is 0 Å². The third-order valence-electron chi connectivity index (χ3n) is 2.24. The number of hydrogen-bond acceptors (Lipinski definition) is 2. The van der Waals surface area contributed by atoms with Crippen LogP contribution in [0.5, 0.6) is 5.75 Å². The Morgan fingerprint density at radius 2 is 1.75 bits per heavy atom. The summed E-state index contributed by atoms with van der Waals surface area (Å²) in [5.41, 5.74) is 0.929. The van der Waals surface area contributed by atoms with E-state index in [1.54, 1.807) is 36.4 Å². The molecule has 0 radical (unpaired) electrons. The van der Waals surface area contributed by atoms with Crippen LogP contribution in [0.2, 0.25) is 0 Å². The molecule has 80 valence electrons. The number of aromatic hydroxyl groups is 1. The van der Waals surface area contributed by atoms with Crippen molar-refractivity contribution in [3.63, 3.8) is 0 Å². The van der Waals surface area contributed by atoms with Crippen LogP contribution in [0.4, 0.5) is 0 Å². The minimum atomic E-state index is -0.156. The summed E-state index contributed by atoms with van der Waals surface area (Å²) in [5, 5.41) is 9.64. The second-order valence-corrected chi connectivity index (χ2v) is 4.60. The van der Waals surface area contributed by atoms with E-state index in [2.05, 4.69) is 22.6 Å². The quantitative estimate of drug-likeness (QED) is 0.680. The van der Waals surface area contributed by atoms with E-state index in [-0.39, 0.29) is 11.5 Å². The Hall–Kier alpha value is -1.36. The van der Waals surface area contributed by atoms with Gasteiger partial charge in [-0.3, -0.25) is 4.79 Å². The number of halogens is 1. The fraction of sp³-hybridized carbons (Fsp3) is 0. The first-order valence-electron chi connectivity index (χ1n) is 4.77. The van der Waals surface area contributed by atoms with Crippen molar-refractivity contribution in [2.75, 3.05) is 0 Å². The van der Waals surface area contributed by atoms with Crippen molar-refractivity contribution in [1.82, 2.24) is 0 Å². The second-order valence-electron chi connectivity index (χ2n) is 3.36. The zero-order chi connectivity index (χ0) is 11.5. The van der Waals surface area contributed by atoms with Crippen LogP contribution in [-0.4, -0.2) is 10.9 Å². The van der Waals surface area contributed by atoms with E-state index in [0.29, 0.717) is 11.1 Å². The van der Waals surface area contributed by atoms with Gasteiger partial charge >= 0.3 is 0 Å². The largest absolute Gasteiger partial charge is 0.507 e. The minimum Gasteiger partial charge on any atom is -0.507 e. The zero-order valence-electron chi connectivity index (χ0n) is 8.35. The fourth-order valence-electron chi connectivity index (χ4n) is 1.44. The summed E-state index contributed by atoms with van der Waals surface area (Å²) in [6, 6.07) is 13.9. The van der Waals surface area contributed by atoms with Gasteiger partial charge in [0.2, 0.25) is 0 Å². The maximum absolute atomic E-state index is 12.1. The third kappa shape index (κ3) is 2.24. The third-order valence-corrected chi connectivity index (χ3v) is 2.91. The van der Waals surface area contributed by atoms with Gasteiger partial charge in [-0.2, -0.15) is 0 Å². The second kappa shape index (κ2) is 4.65. The number of carbonyl (C=O) groups is 1. The van der Waals surface area contributed by atoms with E-state index < -0.39 is 0 Å². The molecule has 0 aromatic heterocycles. The molecule has 0 fully saturated rings. The van der Waals surface area contributed by atoms with Gasteiger partial charge in [0.15, 0.2) is 5.78 Å². The summed E-state index contributed by atoms with van der Waals surface area (Å²) in [7, 11) is 0. The standard InChI is InChI=1S/C13H9IO2/c14-10-6-7-12(15)11(8-10)13(16)9-4-2-1-3-5-9/h1-8,15H. The Labute approximate surface area is 107 Å². The number of hydrogen-bond donors (Lipinski definition) is 1. The van der Waals surface area contributed by atoms with Gasteiger partial charge in [-0.1, -0.05) is 30.3 Å². The van der Waals surface area contributed by atoms with Crippen molar-refractivity contribution >= 4 is 28.4 Å². The number of phenolic OH excluding ortho intramolecular Hbond substituents is 1. The lowest BCUT2D eigenvalue weighted by molar-refractivity contribution is 0.103. The molecule has 0 bridgehead atoms. The van der Waals surface area contributed by atoms with Crippen LogP contribution in [0, 0.1) is 3.57 Å². The summed E-state index contributed by atoms with van der Waals surface area (Å²) in [5.74, 6) is -0.133. The van der Waals surface area contributed by atoms with Crippen molar-refractivity contribution in [2.24, 2.45) is 0 Å². The fourth-order valence-corrected chi connectivity index (χ4v) is 1.93. The molecule has 0 atom stereocenters. The minimum absolute atomic E-state index is 0.0225. The van der Waals surface area contributed by atoms with Crippen molar-refractivity contribution < 1.29 is 9.90 Å². The molecule has 2 nitrogen and oxygen atoms in total. The summed E-state index contributed by atoms with van der Waals surface area (Å²) in [4.78, 5) is 12.1. The summed E-state index contributed by atoms with van der Waals surface area (Å²) >= 11 is 2.11. The molecule has 0 heterocycles. The average molecular weight is 324 g/mol. The lowest BCUT2D eigenvalue weighted by Crippen LogP contribution is -2.01. The summed E-state index contributed by atoms with van der Waals surface area (Å²) in [6.45, 7) is 0. The van der Waals surface area contributed by atoms with Crippen molar-refractivity contribution in [1.29, 1.82) is 0 Å². The molecule has 16 heavy (non-hydrogen) atoms. The van der Waals surface area contributed by atoms with Crippen LogP contribution >= 0.6 is 22.6 Å². The molecular formula is C13H9IO2. The number of benzene rings is 2. The Bertz CT molecular complexity index is 521. The van der Waals surface area contributed by atoms with E-state index in [1.807, 2.05) is 6.07 Å². The van der Waals surface area contributed by atoms with Gasteiger partial charge in [-0.05, 0) is 40.8 Å². The van der Waals surface area contributed by atoms with Crippen molar-refractivity contribution in [3.05, 3.63) is 63.2 Å². The van der Waals surface area contributed by atoms with Crippen LogP contribution in [0.15, 0.2) is 48.5 Å². The lowest BCUT2D eigenvalue weighted by atomic mass is 10.0. The molecule has 0 saturated carbocycles. The van der Waals surface area contributed by atoms with Crippen molar-refractivity contribution in [2.45, 2.75) is 0 Å². The maximum Gasteiger partial charge on any atom is 0.196 e. The first-order chi connectivity index (χ1) is 7.68. The van der Waals surface area contributed by atoms with Crippen LogP contribution in [0.1, 0.15) is 15.9 Å². The van der Waals surface area contributed by atoms with E-state index in [0.717, 1.165) is 3.57 Å². The molecule has 0 aliphatic heterocycles. The first-order valence-corrected chi connectivity index (χ1v) is 5.84. The Balaban J connectivity index is 2.46. The zero-order valence-corrected chi connectivity index (χ0v) is 10.5. The van der Waals surface area contributed by atoms with Crippen LogP contribution in [0.25, 0.3) is 0 Å². The topological polar surface area (TPSA) is 37.3 Å². The highest BCUT2D eigenvalue weighted by molar-refractivity contribution is 14.1. The Kier molecular flexibility index (Phi) is 3.24. The van der Waals surface area contributed by atoms with E-state index in [4.69, 9.17) is 0 Å². The SMILES string of the molecule is O=C(c1ccccc1)c1cc(I)ccc1O. The highest BCUT2D eigenvalue weighted by Crippen LogP contribution is 2.22. The van der Waals surface area contributed by atoms with Crippen LogP contribution < -0.4 is 0 Å². The van der Waals surface area contributed by atoms with E-state index in [1.165, 1.54) is 6.07 Å². The maximum atomic E-state index is 12.1. The molecule has 0 saturated heterocycles. The highest BCUT2D eigenvalue weighted by atomic mass is 127. The molecule has 1 N–H and O–H groups in total. The molecule has 0 amide bonds. The van der Waals surface area contributed by atoms with Gasteiger partial charge in [0.25, 0.3) is 0 Å². The predicted molar refractivity (Wildman–Crippen MR) is 70.7 cm³/mol. The van der Waals surface area contributed by atoms with Crippen LogP contribution in [-0.2, 0) is 0 Å². The van der Waals surface area contributed by atoms with Gasteiger partial charge in [0.05, 0.1) is 5.56 Å². The average Bonchev–Trinajstić information content (AvgIpc) is 2.32. The molecule has 0 spiro atoms. The normalized spacial score (nSPS) is 10.1. The molecule has 0 aliphatic carbocycles. The predicted octanol–water partition coefficient (Wildman–Crippen LogP) is 3.23. The molecule has 2 aromatic rings. The molecule has 2 rings (SSSR count). The number of ketones is 1. The van der Waals surface area contributed by atoms with Gasteiger partial charge < -0.3 is 5.11 Å². The van der Waals surface area contributed by atoms with Gasteiger partial charge in [0, 0.05) is 9.13 Å². The number of carbonyl (C=O) groups excluding carboxylic acids is 1. The Morgan fingerprint density at radius 3 is 2.44 bits per heavy atom. The molecule has 0 aliphatic rings. The van der Waals surface area contributed by atoms with Gasteiger partial charge in [0.1, 0.15) is 5.75 Å². The highest BCUT2D eigenvalue weighted by Gasteiger charge is 2.13. The van der Waals surface area contributed by atoms with Gasteiger partial charge in [-0.25, -0.2) is 0 Å². The Morgan fingerprint density at radius 1 is 1.06 bits per heavy atom. The summed E-state index contributed by atoms with van der Waals surface area (Å²) in [6.07, 6.45) is 0. The van der Waals surface area contributed by atoms with E-state index in [9.17, 15) is 9.90 Å². The lowest BCUT2D eigenvalue weighted by Gasteiger charge is -2.04. The van der Waals surface area contributed by atoms with E-state index >= 15 is 0 Å². The first kappa shape index (κ1) is 11.1. The monoisotopic (exact) mass is 324 g/mol. The number of phenols is 1. The number of rotatable bonds is 2. The smallest absolute Gasteiger partial charge is 0.196 e. The van der Waals surface area contributed by atoms with Gasteiger partial charge in [-0.15, -0.1) is 0 Å². The molecular weight excluding hydrogens is 315 g/mol. The molecule has 2 aromatic carbocycles. The summed E-state index contributed by atoms with van der Waals surface area (Å²) < 4.78 is 0.926. The molecule has 0 unspecified atom stereocenters. The van der Waals surface area contributed by atoms with Crippen molar-refractivity contribution in [3.8, 4) is 5.75 Å².